The molecule has 0 bridgehead atoms. The largest absolute Gasteiger partial charge is 0.346 e. The van der Waals surface area contributed by atoms with Gasteiger partial charge in [-0.15, -0.1) is 0 Å². The molecular formula is C12H22N4. The van der Waals surface area contributed by atoms with Crippen molar-refractivity contribution in [1.82, 2.24) is 20.2 Å². The van der Waals surface area contributed by atoms with Crippen molar-refractivity contribution < 1.29 is 0 Å². The summed E-state index contributed by atoms with van der Waals surface area (Å²) in [7, 11) is 0. The van der Waals surface area contributed by atoms with Gasteiger partial charge >= 0.3 is 0 Å². The van der Waals surface area contributed by atoms with Crippen LogP contribution < -0.4 is 5.32 Å². The molecule has 1 aromatic heterocycles. The average molecular weight is 222 g/mol. The van der Waals surface area contributed by atoms with Crippen LogP contribution >= 0.6 is 0 Å². The molecule has 0 radical (unpaired) electrons. The SMILES string of the molecule is Cc1nc(CCCN2CCNCC2)[nH]c1C. The third kappa shape index (κ3) is 3.06. The highest BCUT2D eigenvalue weighted by Crippen LogP contribution is 2.05. The first kappa shape index (κ1) is 11.6. The Morgan fingerprint density at radius 3 is 2.62 bits per heavy atom. The summed E-state index contributed by atoms with van der Waals surface area (Å²) >= 11 is 0. The Labute approximate surface area is 97.4 Å². The predicted octanol–water partition coefficient (Wildman–Crippen LogP) is 0.864. The Hall–Kier alpha value is -0.870. The number of aryl methyl sites for hydroxylation is 3. The molecule has 16 heavy (non-hydrogen) atoms. The van der Waals surface area contributed by atoms with Crippen molar-refractivity contribution in [3.63, 3.8) is 0 Å². The van der Waals surface area contributed by atoms with Gasteiger partial charge in [0, 0.05) is 38.3 Å². The number of nitrogens with zero attached hydrogens (tertiary/aromatic N) is 2. The summed E-state index contributed by atoms with van der Waals surface area (Å²) in [6.45, 7) is 10.00. The molecule has 1 saturated heterocycles. The molecule has 90 valence electrons. The Balaban J connectivity index is 1.71. The summed E-state index contributed by atoms with van der Waals surface area (Å²) in [6.07, 6.45) is 2.27. The predicted molar refractivity (Wildman–Crippen MR) is 65.7 cm³/mol. The molecule has 0 unspecified atom stereocenters. The zero-order chi connectivity index (χ0) is 11.4. The van der Waals surface area contributed by atoms with Crippen LogP contribution in [0.2, 0.25) is 0 Å². The van der Waals surface area contributed by atoms with Gasteiger partial charge in [-0.05, 0) is 26.8 Å². The van der Waals surface area contributed by atoms with Crippen molar-refractivity contribution >= 4 is 0 Å². The number of H-pyrrole nitrogens is 1. The van der Waals surface area contributed by atoms with Crippen molar-refractivity contribution in [2.45, 2.75) is 26.7 Å². The summed E-state index contributed by atoms with van der Waals surface area (Å²) in [4.78, 5) is 10.4. The van der Waals surface area contributed by atoms with Crippen LogP contribution in [0.3, 0.4) is 0 Å². The standard InChI is InChI=1S/C12H22N4/c1-10-11(2)15-12(14-10)4-3-7-16-8-5-13-6-9-16/h13H,3-9H2,1-2H3,(H,14,15). The van der Waals surface area contributed by atoms with Gasteiger partial charge in [0.15, 0.2) is 0 Å². The minimum atomic E-state index is 1.07. The fourth-order valence-corrected chi connectivity index (χ4v) is 2.14. The van der Waals surface area contributed by atoms with E-state index >= 15 is 0 Å². The number of rotatable bonds is 4. The molecule has 2 N–H and O–H groups in total. The highest BCUT2D eigenvalue weighted by atomic mass is 15.2. The summed E-state index contributed by atoms with van der Waals surface area (Å²) in [5.74, 6) is 1.14. The van der Waals surface area contributed by atoms with Crippen LogP contribution in [0.1, 0.15) is 23.6 Å². The summed E-state index contributed by atoms with van der Waals surface area (Å²) in [5.41, 5.74) is 2.34. The summed E-state index contributed by atoms with van der Waals surface area (Å²) in [5, 5.41) is 3.37. The number of hydrogen-bond donors (Lipinski definition) is 2. The lowest BCUT2D eigenvalue weighted by Gasteiger charge is -2.26. The lowest BCUT2D eigenvalue weighted by molar-refractivity contribution is 0.238. The minimum Gasteiger partial charge on any atom is -0.346 e. The van der Waals surface area contributed by atoms with Crippen molar-refractivity contribution in [3.8, 4) is 0 Å². The van der Waals surface area contributed by atoms with Gasteiger partial charge in [-0.2, -0.15) is 0 Å². The third-order valence-electron chi connectivity index (χ3n) is 3.27. The molecule has 0 spiro atoms. The van der Waals surface area contributed by atoms with Gasteiger partial charge in [0.1, 0.15) is 5.82 Å². The Kier molecular flexibility index (Phi) is 3.96. The van der Waals surface area contributed by atoms with Crippen molar-refractivity contribution in [3.05, 3.63) is 17.2 Å². The second-order valence-electron chi connectivity index (χ2n) is 4.59. The Morgan fingerprint density at radius 2 is 2.00 bits per heavy atom. The van der Waals surface area contributed by atoms with E-state index in [0.29, 0.717) is 0 Å². The van der Waals surface area contributed by atoms with Crippen LogP contribution in [0.25, 0.3) is 0 Å². The maximum Gasteiger partial charge on any atom is 0.106 e. The van der Waals surface area contributed by atoms with Crippen molar-refractivity contribution in [2.24, 2.45) is 0 Å². The maximum atomic E-state index is 4.51. The normalized spacial score (nSPS) is 17.9. The fourth-order valence-electron chi connectivity index (χ4n) is 2.14. The molecule has 0 saturated carbocycles. The van der Waals surface area contributed by atoms with Crippen LogP contribution in [0.5, 0.6) is 0 Å². The highest BCUT2D eigenvalue weighted by molar-refractivity contribution is 5.10. The van der Waals surface area contributed by atoms with Gasteiger partial charge in [-0.25, -0.2) is 4.98 Å². The van der Waals surface area contributed by atoms with Crippen LogP contribution in [0.4, 0.5) is 0 Å². The number of aromatic nitrogens is 2. The topological polar surface area (TPSA) is 44.0 Å². The first-order chi connectivity index (χ1) is 7.75. The number of aromatic amines is 1. The van der Waals surface area contributed by atoms with E-state index in [4.69, 9.17) is 0 Å². The van der Waals surface area contributed by atoms with Crippen molar-refractivity contribution in [2.75, 3.05) is 32.7 Å². The first-order valence-electron chi connectivity index (χ1n) is 6.21. The zero-order valence-electron chi connectivity index (χ0n) is 10.3. The van der Waals surface area contributed by atoms with Gasteiger partial charge in [0.2, 0.25) is 0 Å². The number of piperazine rings is 1. The zero-order valence-corrected chi connectivity index (χ0v) is 10.3. The minimum absolute atomic E-state index is 1.07. The Bertz CT molecular complexity index is 306. The van der Waals surface area contributed by atoms with E-state index in [1.165, 1.54) is 31.7 Å². The van der Waals surface area contributed by atoms with Crippen molar-refractivity contribution in [1.29, 1.82) is 0 Å². The molecule has 2 heterocycles. The van der Waals surface area contributed by atoms with E-state index in [-0.39, 0.29) is 0 Å². The molecule has 0 atom stereocenters. The van der Waals surface area contributed by atoms with Crippen LogP contribution in [-0.2, 0) is 6.42 Å². The van der Waals surface area contributed by atoms with E-state index in [1.54, 1.807) is 0 Å². The second kappa shape index (κ2) is 5.46. The lowest BCUT2D eigenvalue weighted by Crippen LogP contribution is -2.43. The van der Waals surface area contributed by atoms with E-state index in [2.05, 4.69) is 34.0 Å². The van der Waals surface area contributed by atoms with E-state index in [9.17, 15) is 0 Å². The number of nitrogens with one attached hydrogen (secondary N) is 2. The van der Waals surface area contributed by atoms with Gasteiger partial charge < -0.3 is 15.2 Å². The lowest BCUT2D eigenvalue weighted by atomic mass is 10.2. The molecule has 0 aliphatic carbocycles. The Morgan fingerprint density at radius 1 is 1.25 bits per heavy atom. The molecular weight excluding hydrogens is 200 g/mol. The van der Waals surface area contributed by atoms with E-state index in [0.717, 1.165) is 31.0 Å². The van der Waals surface area contributed by atoms with Crippen LogP contribution in [0.15, 0.2) is 0 Å². The van der Waals surface area contributed by atoms with Gasteiger partial charge in [-0.1, -0.05) is 0 Å². The quantitative estimate of drug-likeness (QED) is 0.794. The third-order valence-corrected chi connectivity index (χ3v) is 3.27. The molecule has 1 aromatic rings. The molecule has 4 nitrogen and oxygen atoms in total. The second-order valence-corrected chi connectivity index (χ2v) is 4.59. The van der Waals surface area contributed by atoms with E-state index in [1.807, 2.05) is 0 Å². The van der Waals surface area contributed by atoms with E-state index < -0.39 is 0 Å². The molecule has 1 aliphatic heterocycles. The van der Waals surface area contributed by atoms with Crippen LogP contribution in [-0.4, -0.2) is 47.6 Å². The first-order valence-corrected chi connectivity index (χ1v) is 6.21. The van der Waals surface area contributed by atoms with Gasteiger partial charge in [0.25, 0.3) is 0 Å². The fraction of sp³-hybridized carbons (Fsp3) is 0.750. The van der Waals surface area contributed by atoms with Gasteiger partial charge in [0.05, 0.1) is 5.69 Å². The maximum absolute atomic E-state index is 4.51. The molecule has 1 fully saturated rings. The van der Waals surface area contributed by atoms with Gasteiger partial charge in [-0.3, -0.25) is 0 Å². The molecule has 1 aliphatic rings. The average Bonchev–Trinajstić information content (AvgIpc) is 2.60. The summed E-state index contributed by atoms with van der Waals surface area (Å²) < 4.78 is 0. The smallest absolute Gasteiger partial charge is 0.106 e. The molecule has 0 aromatic carbocycles. The molecule has 2 rings (SSSR count). The molecule has 0 amide bonds. The number of imidazole rings is 1. The highest BCUT2D eigenvalue weighted by Gasteiger charge is 2.09. The molecule has 4 heteroatoms. The monoisotopic (exact) mass is 222 g/mol. The summed E-state index contributed by atoms with van der Waals surface area (Å²) in [6, 6.07) is 0. The van der Waals surface area contributed by atoms with Crippen LogP contribution in [0, 0.1) is 13.8 Å². The number of hydrogen-bond acceptors (Lipinski definition) is 3.